The lowest BCUT2D eigenvalue weighted by Gasteiger charge is -2.10. The van der Waals surface area contributed by atoms with Gasteiger partial charge >= 0.3 is 0 Å². The van der Waals surface area contributed by atoms with Crippen LogP contribution in [-0.2, 0) is 16.6 Å². The minimum Gasteiger partial charge on any atom is -0.380 e. The first-order valence-electron chi connectivity index (χ1n) is 5.89. The average Bonchev–Trinajstić information content (AvgIpc) is 2.74. The number of sulfonamides is 1. The van der Waals surface area contributed by atoms with Crippen molar-refractivity contribution in [1.82, 2.24) is 0 Å². The first-order valence-corrected chi connectivity index (χ1v) is 9.04. The highest BCUT2D eigenvalue weighted by atomic mass is 35.5. The standard InChI is InChI=1S/C13H15ClN2O2S2/c1-9-5-6-19-13(9)8-15-10-3-4-12(11(14)7-10)16-20(2,17)18/h3-7,15-16H,8H2,1-2H3. The molecule has 0 atom stereocenters. The topological polar surface area (TPSA) is 58.2 Å². The summed E-state index contributed by atoms with van der Waals surface area (Å²) >= 11 is 7.76. The maximum absolute atomic E-state index is 11.2. The Balaban J connectivity index is 2.07. The van der Waals surface area contributed by atoms with E-state index in [1.807, 2.05) is 0 Å². The molecule has 0 amide bonds. The van der Waals surface area contributed by atoms with Crippen LogP contribution < -0.4 is 10.0 Å². The number of anilines is 2. The van der Waals surface area contributed by atoms with E-state index in [9.17, 15) is 8.42 Å². The van der Waals surface area contributed by atoms with Crippen molar-refractivity contribution in [3.05, 3.63) is 45.1 Å². The summed E-state index contributed by atoms with van der Waals surface area (Å²) in [5.41, 5.74) is 2.48. The van der Waals surface area contributed by atoms with E-state index in [4.69, 9.17) is 11.6 Å². The molecule has 2 aromatic rings. The summed E-state index contributed by atoms with van der Waals surface area (Å²) in [6.45, 7) is 2.79. The van der Waals surface area contributed by atoms with Gasteiger partial charge in [0, 0.05) is 17.1 Å². The number of thiophene rings is 1. The molecule has 108 valence electrons. The van der Waals surface area contributed by atoms with Gasteiger partial charge in [-0.05, 0) is 42.1 Å². The van der Waals surface area contributed by atoms with Crippen LogP contribution in [0.1, 0.15) is 10.4 Å². The van der Waals surface area contributed by atoms with E-state index in [1.54, 1.807) is 29.5 Å². The third kappa shape index (κ3) is 4.13. The summed E-state index contributed by atoms with van der Waals surface area (Å²) in [6, 6.07) is 7.22. The van der Waals surface area contributed by atoms with Crippen LogP contribution in [0.2, 0.25) is 5.02 Å². The van der Waals surface area contributed by atoms with Gasteiger partial charge in [0.2, 0.25) is 10.0 Å². The maximum Gasteiger partial charge on any atom is 0.229 e. The van der Waals surface area contributed by atoms with Crippen LogP contribution >= 0.6 is 22.9 Å². The molecule has 0 radical (unpaired) electrons. The molecule has 1 heterocycles. The van der Waals surface area contributed by atoms with E-state index in [1.165, 1.54) is 10.4 Å². The number of rotatable bonds is 5. The fourth-order valence-corrected chi connectivity index (χ4v) is 3.38. The molecule has 1 aromatic carbocycles. The first kappa shape index (κ1) is 15.2. The van der Waals surface area contributed by atoms with Crippen molar-refractivity contribution in [3.63, 3.8) is 0 Å². The number of halogens is 1. The summed E-state index contributed by atoms with van der Waals surface area (Å²) in [5, 5.41) is 5.69. The Morgan fingerprint density at radius 1 is 1.30 bits per heavy atom. The van der Waals surface area contributed by atoms with Gasteiger partial charge in [0.05, 0.1) is 17.0 Å². The van der Waals surface area contributed by atoms with Gasteiger partial charge in [-0.2, -0.15) is 0 Å². The first-order chi connectivity index (χ1) is 9.35. The van der Waals surface area contributed by atoms with Gasteiger partial charge < -0.3 is 5.32 Å². The van der Waals surface area contributed by atoms with Gasteiger partial charge in [-0.15, -0.1) is 11.3 Å². The Labute approximate surface area is 127 Å². The summed E-state index contributed by atoms with van der Waals surface area (Å²) in [5.74, 6) is 0. The average molecular weight is 331 g/mol. The zero-order valence-corrected chi connectivity index (χ0v) is 13.5. The number of aryl methyl sites for hydroxylation is 1. The molecule has 1 aromatic heterocycles. The summed E-state index contributed by atoms with van der Waals surface area (Å²) in [7, 11) is -3.32. The molecule has 20 heavy (non-hydrogen) atoms. The van der Waals surface area contributed by atoms with Crippen molar-refractivity contribution < 1.29 is 8.42 Å². The van der Waals surface area contributed by atoms with Crippen LogP contribution in [0, 0.1) is 6.92 Å². The zero-order chi connectivity index (χ0) is 14.8. The number of nitrogens with one attached hydrogen (secondary N) is 2. The number of hydrogen-bond donors (Lipinski definition) is 2. The smallest absolute Gasteiger partial charge is 0.229 e. The number of benzene rings is 1. The second-order valence-electron chi connectivity index (χ2n) is 4.45. The molecule has 0 saturated carbocycles. The highest BCUT2D eigenvalue weighted by Gasteiger charge is 2.07. The third-order valence-electron chi connectivity index (χ3n) is 2.69. The highest BCUT2D eigenvalue weighted by molar-refractivity contribution is 7.92. The van der Waals surface area contributed by atoms with Crippen molar-refractivity contribution in [2.45, 2.75) is 13.5 Å². The molecule has 0 aliphatic heterocycles. The molecule has 7 heteroatoms. The largest absolute Gasteiger partial charge is 0.380 e. The van der Waals surface area contributed by atoms with E-state index >= 15 is 0 Å². The molecule has 0 saturated heterocycles. The molecule has 0 bridgehead atoms. The van der Waals surface area contributed by atoms with Gasteiger partial charge in [-0.3, -0.25) is 4.72 Å². The molecule has 0 spiro atoms. The summed E-state index contributed by atoms with van der Waals surface area (Å²) in [6.07, 6.45) is 1.09. The number of hydrogen-bond acceptors (Lipinski definition) is 4. The molecular formula is C13H15ClN2O2S2. The molecule has 0 unspecified atom stereocenters. The lowest BCUT2D eigenvalue weighted by atomic mass is 10.2. The molecular weight excluding hydrogens is 316 g/mol. The van der Waals surface area contributed by atoms with Crippen LogP contribution in [0.25, 0.3) is 0 Å². The minimum atomic E-state index is -3.32. The fraction of sp³-hybridized carbons (Fsp3) is 0.231. The summed E-state index contributed by atoms with van der Waals surface area (Å²) in [4.78, 5) is 1.26. The Kier molecular flexibility index (Phi) is 4.57. The van der Waals surface area contributed by atoms with Gasteiger partial charge in [0.15, 0.2) is 0 Å². The van der Waals surface area contributed by atoms with Crippen LogP contribution in [0.4, 0.5) is 11.4 Å². The van der Waals surface area contributed by atoms with Crippen molar-refractivity contribution in [1.29, 1.82) is 0 Å². The maximum atomic E-state index is 11.2. The second-order valence-corrected chi connectivity index (χ2v) is 7.61. The molecule has 0 fully saturated rings. The van der Waals surface area contributed by atoms with Crippen molar-refractivity contribution in [2.75, 3.05) is 16.3 Å². The van der Waals surface area contributed by atoms with Gasteiger partial charge in [-0.25, -0.2) is 8.42 Å². The predicted octanol–water partition coefficient (Wildman–Crippen LogP) is 3.69. The lowest BCUT2D eigenvalue weighted by Crippen LogP contribution is -2.10. The Morgan fingerprint density at radius 2 is 2.05 bits per heavy atom. The minimum absolute atomic E-state index is 0.364. The monoisotopic (exact) mass is 330 g/mol. The van der Waals surface area contributed by atoms with E-state index in [0.717, 1.165) is 18.5 Å². The molecule has 0 aliphatic carbocycles. The predicted molar refractivity (Wildman–Crippen MR) is 86.3 cm³/mol. The van der Waals surface area contributed by atoms with E-state index in [-0.39, 0.29) is 0 Å². The van der Waals surface area contributed by atoms with Crippen LogP contribution in [0.5, 0.6) is 0 Å². The fourth-order valence-electron chi connectivity index (χ4n) is 1.68. The zero-order valence-electron chi connectivity index (χ0n) is 11.1. The second kappa shape index (κ2) is 6.03. The van der Waals surface area contributed by atoms with E-state index < -0.39 is 10.0 Å². The van der Waals surface area contributed by atoms with Crippen molar-refractivity contribution in [3.8, 4) is 0 Å². The lowest BCUT2D eigenvalue weighted by molar-refractivity contribution is 0.607. The highest BCUT2D eigenvalue weighted by Crippen LogP contribution is 2.27. The van der Waals surface area contributed by atoms with E-state index in [2.05, 4.69) is 28.4 Å². The van der Waals surface area contributed by atoms with Gasteiger partial charge in [-0.1, -0.05) is 11.6 Å². The molecule has 4 nitrogen and oxygen atoms in total. The Hall–Kier alpha value is -1.24. The van der Waals surface area contributed by atoms with Gasteiger partial charge in [0.25, 0.3) is 0 Å². The van der Waals surface area contributed by atoms with Crippen molar-refractivity contribution >= 4 is 44.3 Å². The summed E-state index contributed by atoms with van der Waals surface area (Å²) < 4.78 is 24.7. The normalized spacial score (nSPS) is 11.3. The Bertz CT molecular complexity index is 711. The SMILES string of the molecule is Cc1ccsc1CNc1ccc(NS(C)(=O)=O)c(Cl)c1. The van der Waals surface area contributed by atoms with Gasteiger partial charge in [0.1, 0.15) is 0 Å². The quantitative estimate of drug-likeness (QED) is 0.879. The van der Waals surface area contributed by atoms with Crippen LogP contribution in [0.3, 0.4) is 0 Å². The van der Waals surface area contributed by atoms with Crippen molar-refractivity contribution in [2.24, 2.45) is 0 Å². The van der Waals surface area contributed by atoms with Crippen LogP contribution in [-0.4, -0.2) is 14.7 Å². The molecule has 2 rings (SSSR count). The van der Waals surface area contributed by atoms with E-state index in [0.29, 0.717) is 10.7 Å². The molecule has 2 N–H and O–H groups in total. The van der Waals surface area contributed by atoms with Crippen LogP contribution in [0.15, 0.2) is 29.6 Å². The molecule has 0 aliphatic rings. The third-order valence-corrected chi connectivity index (χ3v) is 4.61. The Morgan fingerprint density at radius 3 is 2.60 bits per heavy atom.